The van der Waals surface area contributed by atoms with Crippen molar-refractivity contribution in [2.45, 2.75) is 78.2 Å². The molecule has 0 aliphatic heterocycles. The molecule has 0 saturated carbocycles. The molecule has 0 heterocycles. The molecule has 0 spiro atoms. The van der Waals surface area contributed by atoms with E-state index in [2.05, 4.69) is 60.2 Å². The molecule has 0 saturated heterocycles. The van der Waals surface area contributed by atoms with Gasteiger partial charge in [-0.15, -0.1) is 0 Å². The first-order valence-corrected chi connectivity index (χ1v) is 9.00. The van der Waals surface area contributed by atoms with Gasteiger partial charge in [0.2, 0.25) is 0 Å². The molecule has 0 amide bonds. The van der Waals surface area contributed by atoms with E-state index in [0.29, 0.717) is 6.04 Å². The van der Waals surface area contributed by atoms with Crippen LogP contribution >= 0.6 is 15.9 Å². The first kappa shape index (κ1) is 17.6. The Morgan fingerprint density at radius 3 is 2.15 bits per heavy atom. The quantitative estimate of drug-likeness (QED) is 0.467. The molecule has 1 aromatic carbocycles. The smallest absolute Gasteiger partial charge is 0.0489 e. The van der Waals surface area contributed by atoms with Gasteiger partial charge in [0.1, 0.15) is 0 Å². The molecule has 114 valence electrons. The van der Waals surface area contributed by atoms with Gasteiger partial charge in [0.15, 0.2) is 0 Å². The maximum Gasteiger partial charge on any atom is 0.0489 e. The molecule has 1 aromatic rings. The van der Waals surface area contributed by atoms with E-state index in [1.807, 2.05) is 0 Å². The van der Waals surface area contributed by atoms with Crippen LogP contribution in [0.2, 0.25) is 0 Å². The summed E-state index contributed by atoms with van der Waals surface area (Å²) >= 11 is 3.71. The van der Waals surface area contributed by atoms with Crippen LogP contribution in [0.15, 0.2) is 22.7 Å². The van der Waals surface area contributed by atoms with Gasteiger partial charge in [-0.05, 0) is 47.3 Å². The molecule has 0 aromatic heterocycles. The van der Waals surface area contributed by atoms with Gasteiger partial charge in [0, 0.05) is 16.2 Å². The van der Waals surface area contributed by atoms with E-state index < -0.39 is 0 Å². The van der Waals surface area contributed by atoms with Crippen molar-refractivity contribution in [1.29, 1.82) is 0 Å². The number of hydrogen-bond donors (Lipinski definition) is 1. The zero-order valence-corrected chi connectivity index (χ0v) is 14.9. The average Bonchev–Trinajstić information content (AvgIpc) is 2.44. The molecule has 0 atom stereocenters. The van der Waals surface area contributed by atoms with E-state index in [9.17, 15) is 0 Å². The number of aryl methyl sites for hydroxylation is 1. The number of benzene rings is 1. The van der Waals surface area contributed by atoms with Crippen LogP contribution in [-0.4, -0.2) is 6.04 Å². The Morgan fingerprint density at radius 2 is 1.60 bits per heavy atom. The van der Waals surface area contributed by atoms with E-state index in [0.717, 1.165) is 0 Å². The minimum Gasteiger partial charge on any atom is -0.381 e. The predicted molar refractivity (Wildman–Crippen MR) is 94.6 cm³/mol. The number of halogens is 1. The minimum atomic E-state index is 0.617. The average molecular weight is 340 g/mol. The summed E-state index contributed by atoms with van der Waals surface area (Å²) in [6.07, 6.45) is 10.6. The third kappa shape index (κ3) is 6.30. The summed E-state index contributed by atoms with van der Waals surface area (Å²) in [7, 11) is 0. The van der Waals surface area contributed by atoms with Gasteiger partial charge in [0.05, 0.1) is 0 Å². The Labute approximate surface area is 133 Å². The summed E-state index contributed by atoms with van der Waals surface area (Å²) < 4.78 is 1.22. The summed E-state index contributed by atoms with van der Waals surface area (Å²) in [5, 5.41) is 3.76. The van der Waals surface area contributed by atoms with Gasteiger partial charge >= 0.3 is 0 Å². The zero-order valence-electron chi connectivity index (χ0n) is 13.3. The molecule has 2 heteroatoms. The second kappa shape index (κ2) is 10.3. The van der Waals surface area contributed by atoms with E-state index in [1.54, 1.807) is 0 Å². The van der Waals surface area contributed by atoms with Gasteiger partial charge in [-0.1, -0.05) is 64.5 Å². The molecule has 0 bridgehead atoms. The first-order valence-electron chi connectivity index (χ1n) is 8.20. The highest BCUT2D eigenvalue weighted by Gasteiger charge is 2.10. The Morgan fingerprint density at radius 1 is 1.00 bits per heavy atom. The lowest BCUT2D eigenvalue weighted by Crippen LogP contribution is -2.20. The van der Waals surface area contributed by atoms with Crippen LogP contribution < -0.4 is 5.32 Å². The van der Waals surface area contributed by atoms with Crippen molar-refractivity contribution in [2.75, 3.05) is 5.32 Å². The summed E-state index contributed by atoms with van der Waals surface area (Å²) in [6.45, 7) is 6.70. The van der Waals surface area contributed by atoms with Gasteiger partial charge in [0.25, 0.3) is 0 Å². The summed E-state index contributed by atoms with van der Waals surface area (Å²) in [6, 6.07) is 7.09. The fourth-order valence-electron chi connectivity index (χ4n) is 2.55. The Hall–Kier alpha value is -0.500. The third-order valence-electron chi connectivity index (χ3n) is 3.86. The summed E-state index contributed by atoms with van der Waals surface area (Å²) in [5.41, 5.74) is 2.55. The van der Waals surface area contributed by atoms with Crippen LogP contribution in [0.25, 0.3) is 0 Å². The monoisotopic (exact) mass is 339 g/mol. The molecule has 1 nitrogen and oxygen atoms in total. The number of unbranched alkanes of at least 4 members (excludes halogenated alkanes) is 4. The van der Waals surface area contributed by atoms with Crippen molar-refractivity contribution < 1.29 is 0 Å². The Balaban J connectivity index is 2.59. The zero-order chi connectivity index (χ0) is 14.8. The maximum atomic E-state index is 3.76. The fraction of sp³-hybridized carbons (Fsp3) is 0.667. The number of nitrogens with one attached hydrogen (secondary N) is 1. The lowest BCUT2D eigenvalue weighted by atomic mass is 10.0. The highest BCUT2D eigenvalue weighted by Crippen LogP contribution is 2.28. The minimum absolute atomic E-state index is 0.617. The Bertz CT molecular complexity index is 366. The van der Waals surface area contributed by atoms with Crippen molar-refractivity contribution >= 4 is 21.6 Å². The van der Waals surface area contributed by atoms with E-state index in [4.69, 9.17) is 0 Å². The molecule has 20 heavy (non-hydrogen) atoms. The highest BCUT2D eigenvalue weighted by molar-refractivity contribution is 9.10. The number of hydrogen-bond acceptors (Lipinski definition) is 1. The molecule has 0 radical (unpaired) electrons. The van der Waals surface area contributed by atoms with Crippen LogP contribution in [0.3, 0.4) is 0 Å². The van der Waals surface area contributed by atoms with Crippen molar-refractivity contribution in [3.8, 4) is 0 Å². The summed E-state index contributed by atoms with van der Waals surface area (Å²) in [5.74, 6) is 0. The molecule has 0 fully saturated rings. The van der Waals surface area contributed by atoms with Gasteiger partial charge in [-0.2, -0.15) is 0 Å². The lowest BCUT2D eigenvalue weighted by Gasteiger charge is -2.21. The normalized spacial score (nSPS) is 11.1. The molecular weight excluding hydrogens is 310 g/mol. The lowest BCUT2D eigenvalue weighted by molar-refractivity contribution is 0.526. The van der Waals surface area contributed by atoms with Crippen molar-refractivity contribution in [1.82, 2.24) is 0 Å². The molecule has 0 unspecified atom stereocenters. The summed E-state index contributed by atoms with van der Waals surface area (Å²) in [4.78, 5) is 0. The Kier molecular flexibility index (Phi) is 9.00. The van der Waals surface area contributed by atoms with Crippen molar-refractivity contribution in [2.24, 2.45) is 0 Å². The third-order valence-corrected chi connectivity index (χ3v) is 4.92. The van der Waals surface area contributed by atoms with Gasteiger partial charge < -0.3 is 5.32 Å². The largest absolute Gasteiger partial charge is 0.381 e. The molecule has 1 N–H and O–H groups in total. The van der Waals surface area contributed by atoms with E-state index in [1.165, 1.54) is 67.1 Å². The standard InChI is InChI=1S/C18H30BrN/c1-4-6-8-12-16(13-9-7-5-2)20-17-14-10-11-15(3)18(17)19/h10-11,14,16,20H,4-9,12-13H2,1-3H3. The SMILES string of the molecule is CCCCCC(CCCCC)Nc1cccc(C)c1Br. The van der Waals surface area contributed by atoms with Crippen LogP contribution in [-0.2, 0) is 0 Å². The second-order valence-electron chi connectivity index (χ2n) is 5.77. The fourth-order valence-corrected chi connectivity index (χ4v) is 2.93. The van der Waals surface area contributed by atoms with Crippen molar-refractivity contribution in [3.63, 3.8) is 0 Å². The second-order valence-corrected chi connectivity index (χ2v) is 6.56. The molecule has 1 rings (SSSR count). The maximum absolute atomic E-state index is 3.76. The number of anilines is 1. The van der Waals surface area contributed by atoms with Crippen LogP contribution in [0.1, 0.15) is 70.8 Å². The van der Waals surface area contributed by atoms with E-state index in [-0.39, 0.29) is 0 Å². The molecule has 0 aliphatic carbocycles. The van der Waals surface area contributed by atoms with Gasteiger partial charge in [-0.3, -0.25) is 0 Å². The van der Waals surface area contributed by atoms with E-state index >= 15 is 0 Å². The molecule has 0 aliphatic rings. The molecular formula is C18H30BrN. The van der Waals surface area contributed by atoms with Crippen LogP contribution in [0, 0.1) is 6.92 Å². The van der Waals surface area contributed by atoms with Crippen molar-refractivity contribution in [3.05, 3.63) is 28.2 Å². The highest BCUT2D eigenvalue weighted by atomic mass is 79.9. The van der Waals surface area contributed by atoms with Gasteiger partial charge in [-0.25, -0.2) is 0 Å². The van der Waals surface area contributed by atoms with Crippen LogP contribution in [0.5, 0.6) is 0 Å². The first-order chi connectivity index (χ1) is 9.69. The van der Waals surface area contributed by atoms with Crippen LogP contribution in [0.4, 0.5) is 5.69 Å². The topological polar surface area (TPSA) is 12.0 Å². The predicted octanol–water partition coefficient (Wildman–Crippen LogP) is 6.70. The number of rotatable bonds is 10.